The van der Waals surface area contributed by atoms with Gasteiger partial charge in [-0.1, -0.05) is 0 Å². The van der Waals surface area contributed by atoms with E-state index in [4.69, 9.17) is 9.47 Å². The highest BCUT2D eigenvalue weighted by Gasteiger charge is 2.23. The molecular formula is C14H16N2O5S2. The van der Waals surface area contributed by atoms with Gasteiger partial charge in [0.05, 0.1) is 14.2 Å². The topological polar surface area (TPSA) is 94.6 Å². The van der Waals surface area contributed by atoms with Crippen LogP contribution in [0, 0.1) is 6.92 Å². The number of hydrogen-bond donors (Lipinski definition) is 1. The number of rotatable bonds is 6. The molecule has 0 spiro atoms. The molecule has 2 aromatic rings. The Morgan fingerprint density at radius 1 is 1.26 bits per heavy atom. The van der Waals surface area contributed by atoms with Gasteiger partial charge in [0.1, 0.15) is 22.1 Å². The van der Waals surface area contributed by atoms with Gasteiger partial charge >= 0.3 is 0 Å². The Morgan fingerprint density at radius 2 is 1.96 bits per heavy atom. The minimum atomic E-state index is -3.94. The molecule has 124 valence electrons. The zero-order valence-corrected chi connectivity index (χ0v) is 14.7. The summed E-state index contributed by atoms with van der Waals surface area (Å²) in [6, 6.07) is 4.45. The lowest BCUT2D eigenvalue weighted by Gasteiger charge is -2.11. The van der Waals surface area contributed by atoms with Gasteiger partial charge in [-0.25, -0.2) is 13.4 Å². The Labute approximate surface area is 138 Å². The summed E-state index contributed by atoms with van der Waals surface area (Å²) in [5.41, 5.74) is 0.255. The second-order valence-electron chi connectivity index (χ2n) is 4.60. The van der Waals surface area contributed by atoms with Crippen molar-refractivity contribution in [3.63, 3.8) is 0 Å². The van der Waals surface area contributed by atoms with Crippen LogP contribution in [0.15, 0.2) is 23.1 Å². The average Bonchev–Trinajstić information content (AvgIpc) is 2.86. The molecule has 0 aliphatic heterocycles. The molecule has 7 nitrogen and oxygen atoms in total. The van der Waals surface area contributed by atoms with Crippen LogP contribution in [0.3, 0.4) is 0 Å². The van der Waals surface area contributed by atoms with Gasteiger partial charge in [0.15, 0.2) is 10.9 Å². The van der Waals surface area contributed by atoms with Crippen LogP contribution in [0.5, 0.6) is 11.5 Å². The van der Waals surface area contributed by atoms with Crippen molar-refractivity contribution >= 4 is 32.3 Å². The summed E-state index contributed by atoms with van der Waals surface area (Å²) in [5.74, 6) is 0.340. The standard InChI is InChI=1S/C14H16N2O5S2/c1-8(17)13-9(2)22-14(15-13)16-23(18,19)12-7-10(20-3)5-6-11(12)21-4/h5-7H,1-4H3,(H,15,16). The number of nitrogens with zero attached hydrogens (tertiary/aromatic N) is 1. The first kappa shape index (κ1) is 17.2. The summed E-state index contributed by atoms with van der Waals surface area (Å²) in [6.45, 7) is 3.09. The monoisotopic (exact) mass is 356 g/mol. The molecule has 0 aliphatic carbocycles. The zero-order chi connectivity index (χ0) is 17.2. The molecule has 9 heteroatoms. The number of hydrogen-bond acceptors (Lipinski definition) is 7. The number of carbonyl (C=O) groups excluding carboxylic acids is 1. The maximum atomic E-state index is 12.6. The van der Waals surface area contributed by atoms with Crippen LogP contribution >= 0.6 is 11.3 Å². The van der Waals surface area contributed by atoms with Crippen molar-refractivity contribution in [1.82, 2.24) is 4.98 Å². The number of thiazole rings is 1. The third-order valence-electron chi connectivity index (χ3n) is 3.01. The van der Waals surface area contributed by atoms with Crippen molar-refractivity contribution in [3.05, 3.63) is 28.8 Å². The van der Waals surface area contributed by atoms with Crippen LogP contribution in [-0.2, 0) is 10.0 Å². The number of nitrogens with one attached hydrogen (secondary N) is 1. The molecule has 0 saturated carbocycles. The van der Waals surface area contributed by atoms with Gasteiger partial charge in [-0.15, -0.1) is 11.3 Å². The fourth-order valence-electron chi connectivity index (χ4n) is 1.93. The molecule has 1 heterocycles. The van der Waals surface area contributed by atoms with Crippen LogP contribution < -0.4 is 14.2 Å². The molecule has 0 atom stereocenters. The van der Waals surface area contributed by atoms with Crippen LogP contribution in [0.25, 0.3) is 0 Å². The predicted octanol–water partition coefficient (Wildman–Crippen LogP) is 2.47. The van der Waals surface area contributed by atoms with Gasteiger partial charge in [0.25, 0.3) is 10.0 Å². The number of methoxy groups -OCH3 is 2. The number of aryl methyl sites for hydroxylation is 1. The van der Waals surface area contributed by atoms with Crippen LogP contribution in [0.4, 0.5) is 5.13 Å². The van der Waals surface area contributed by atoms with E-state index >= 15 is 0 Å². The number of benzene rings is 1. The molecule has 0 aliphatic rings. The average molecular weight is 356 g/mol. The highest BCUT2D eigenvalue weighted by atomic mass is 32.2. The Hall–Kier alpha value is -2.13. The van der Waals surface area contributed by atoms with E-state index in [-0.39, 0.29) is 27.3 Å². The minimum absolute atomic E-state index is 0.0726. The van der Waals surface area contributed by atoms with E-state index in [1.807, 2.05) is 0 Å². The molecule has 23 heavy (non-hydrogen) atoms. The smallest absolute Gasteiger partial charge is 0.267 e. The molecule has 2 rings (SSSR count). The summed E-state index contributed by atoms with van der Waals surface area (Å²) in [7, 11) is -1.12. The highest BCUT2D eigenvalue weighted by Crippen LogP contribution is 2.31. The third kappa shape index (κ3) is 3.62. The Balaban J connectivity index is 2.43. The summed E-state index contributed by atoms with van der Waals surface area (Å²) >= 11 is 1.09. The van der Waals surface area contributed by atoms with Crippen molar-refractivity contribution < 1.29 is 22.7 Å². The quantitative estimate of drug-likeness (QED) is 0.799. The summed E-state index contributed by atoms with van der Waals surface area (Å²) < 4.78 is 37.7. The second kappa shape index (κ2) is 6.55. The molecule has 1 aromatic heterocycles. The second-order valence-corrected chi connectivity index (χ2v) is 7.46. The number of ether oxygens (including phenoxy) is 2. The normalized spacial score (nSPS) is 11.1. The van der Waals surface area contributed by atoms with Crippen LogP contribution in [0.2, 0.25) is 0 Å². The van der Waals surface area contributed by atoms with Crippen molar-refractivity contribution in [3.8, 4) is 11.5 Å². The Bertz CT molecular complexity index is 843. The number of anilines is 1. The first-order valence-corrected chi connectivity index (χ1v) is 8.81. The molecule has 0 saturated heterocycles. The number of carbonyl (C=O) groups is 1. The lowest BCUT2D eigenvalue weighted by atomic mass is 10.3. The SMILES string of the molecule is COc1ccc(OC)c(S(=O)(=O)Nc2nc(C(C)=O)c(C)s2)c1. The third-order valence-corrected chi connectivity index (χ3v) is 5.39. The predicted molar refractivity (Wildman–Crippen MR) is 87.2 cm³/mol. The molecule has 1 N–H and O–H groups in total. The van der Waals surface area contributed by atoms with Crippen LogP contribution in [-0.4, -0.2) is 33.4 Å². The van der Waals surface area contributed by atoms with Gasteiger partial charge in [-0.05, 0) is 19.1 Å². The Morgan fingerprint density at radius 3 is 2.48 bits per heavy atom. The summed E-state index contributed by atoms with van der Waals surface area (Å²) in [6.07, 6.45) is 0. The van der Waals surface area contributed by atoms with Gasteiger partial charge in [-0.2, -0.15) is 0 Å². The van der Waals surface area contributed by atoms with Crippen molar-refractivity contribution in [2.45, 2.75) is 18.7 Å². The molecule has 0 bridgehead atoms. The largest absolute Gasteiger partial charge is 0.497 e. The lowest BCUT2D eigenvalue weighted by molar-refractivity contribution is 0.101. The number of sulfonamides is 1. The molecule has 1 aromatic carbocycles. The van der Waals surface area contributed by atoms with Gasteiger partial charge < -0.3 is 9.47 Å². The van der Waals surface area contributed by atoms with Gasteiger partial charge in [-0.3, -0.25) is 9.52 Å². The van der Waals surface area contributed by atoms with Gasteiger partial charge in [0.2, 0.25) is 0 Å². The van der Waals surface area contributed by atoms with E-state index in [2.05, 4.69) is 9.71 Å². The van der Waals surface area contributed by atoms with Crippen molar-refractivity contribution in [2.75, 3.05) is 18.9 Å². The molecule has 0 radical (unpaired) electrons. The maximum absolute atomic E-state index is 12.6. The highest BCUT2D eigenvalue weighted by molar-refractivity contribution is 7.93. The van der Waals surface area contributed by atoms with E-state index in [1.54, 1.807) is 13.0 Å². The minimum Gasteiger partial charge on any atom is -0.497 e. The molecule has 0 fully saturated rings. The van der Waals surface area contributed by atoms with Gasteiger partial charge in [0, 0.05) is 17.9 Å². The number of Topliss-reactive ketones (excluding diaryl/α,β-unsaturated/α-hetero) is 1. The zero-order valence-electron chi connectivity index (χ0n) is 13.0. The lowest BCUT2D eigenvalue weighted by Crippen LogP contribution is -2.14. The molecular weight excluding hydrogens is 340 g/mol. The van der Waals surface area contributed by atoms with E-state index in [0.717, 1.165) is 11.3 Å². The fraction of sp³-hybridized carbons (Fsp3) is 0.286. The molecule has 0 unspecified atom stereocenters. The van der Waals surface area contributed by atoms with Crippen LogP contribution in [0.1, 0.15) is 22.3 Å². The van der Waals surface area contributed by atoms with Crippen molar-refractivity contribution in [2.24, 2.45) is 0 Å². The van der Waals surface area contributed by atoms with E-state index in [1.165, 1.54) is 33.3 Å². The first-order chi connectivity index (χ1) is 10.8. The van der Waals surface area contributed by atoms with E-state index in [0.29, 0.717) is 10.6 Å². The van der Waals surface area contributed by atoms with E-state index in [9.17, 15) is 13.2 Å². The Kier molecular flexibility index (Phi) is 4.90. The first-order valence-electron chi connectivity index (χ1n) is 6.51. The number of ketones is 1. The number of aromatic nitrogens is 1. The summed E-state index contributed by atoms with van der Waals surface area (Å²) in [5, 5.41) is 0.123. The van der Waals surface area contributed by atoms with Crippen molar-refractivity contribution in [1.29, 1.82) is 0 Å². The van der Waals surface area contributed by atoms with E-state index < -0.39 is 10.0 Å². The summed E-state index contributed by atoms with van der Waals surface area (Å²) in [4.78, 5) is 16.0. The fourth-order valence-corrected chi connectivity index (χ4v) is 4.21. The molecule has 0 amide bonds. The maximum Gasteiger partial charge on any atom is 0.267 e.